The zero-order valence-electron chi connectivity index (χ0n) is 18.9. The van der Waals surface area contributed by atoms with Gasteiger partial charge in [0.2, 0.25) is 21.8 Å². The molecule has 2 aliphatic heterocycles. The van der Waals surface area contributed by atoms with E-state index in [-0.39, 0.29) is 22.6 Å². The molecule has 0 aromatic heterocycles. The van der Waals surface area contributed by atoms with E-state index in [0.29, 0.717) is 57.9 Å². The van der Waals surface area contributed by atoms with Gasteiger partial charge in [0.15, 0.2) is 0 Å². The SMILES string of the molecule is O=C(Nc1cccc(S(=O)(=O)N2CCOCC2)c1)C1CCN(C(=O)C=Cc2ccccc2)CC1. The van der Waals surface area contributed by atoms with Crippen molar-refractivity contribution in [2.24, 2.45) is 5.92 Å². The number of morpholine rings is 1. The van der Waals surface area contributed by atoms with Gasteiger partial charge in [0.05, 0.1) is 18.1 Å². The molecule has 4 rings (SSSR count). The number of hydrogen-bond acceptors (Lipinski definition) is 5. The summed E-state index contributed by atoms with van der Waals surface area (Å²) in [7, 11) is -3.64. The maximum absolute atomic E-state index is 12.9. The molecule has 1 N–H and O–H groups in total. The third-order valence-corrected chi connectivity index (χ3v) is 8.00. The number of sulfonamides is 1. The van der Waals surface area contributed by atoms with Gasteiger partial charge < -0.3 is 15.0 Å². The molecule has 2 amide bonds. The van der Waals surface area contributed by atoms with Crippen molar-refractivity contribution in [2.45, 2.75) is 17.7 Å². The van der Waals surface area contributed by atoms with Crippen LogP contribution in [-0.4, -0.2) is 68.8 Å². The Balaban J connectivity index is 1.31. The summed E-state index contributed by atoms with van der Waals surface area (Å²) in [5.41, 5.74) is 1.41. The van der Waals surface area contributed by atoms with Crippen LogP contribution in [0, 0.1) is 5.92 Å². The Bertz CT molecular complexity index is 1140. The minimum atomic E-state index is -3.64. The lowest BCUT2D eigenvalue weighted by molar-refractivity contribution is -0.130. The summed E-state index contributed by atoms with van der Waals surface area (Å²) in [5.74, 6) is -0.460. The minimum absolute atomic E-state index is 0.0660. The van der Waals surface area contributed by atoms with E-state index in [1.165, 1.54) is 16.4 Å². The van der Waals surface area contributed by atoms with Crippen LogP contribution in [0.3, 0.4) is 0 Å². The summed E-state index contributed by atoms with van der Waals surface area (Å²) in [6, 6.07) is 16.0. The van der Waals surface area contributed by atoms with E-state index < -0.39 is 10.0 Å². The number of likely N-dealkylation sites (tertiary alicyclic amines) is 1. The Morgan fingerprint density at radius 3 is 2.35 bits per heavy atom. The Labute approximate surface area is 200 Å². The van der Waals surface area contributed by atoms with Gasteiger partial charge in [-0.05, 0) is 42.7 Å². The van der Waals surface area contributed by atoms with E-state index >= 15 is 0 Å². The number of hydrogen-bond donors (Lipinski definition) is 1. The van der Waals surface area contributed by atoms with Crippen LogP contribution in [0.5, 0.6) is 0 Å². The van der Waals surface area contributed by atoms with E-state index in [2.05, 4.69) is 5.32 Å². The van der Waals surface area contributed by atoms with Crippen LogP contribution in [0.25, 0.3) is 6.08 Å². The second-order valence-electron chi connectivity index (χ2n) is 8.38. The molecule has 0 spiro atoms. The highest BCUT2D eigenvalue weighted by atomic mass is 32.2. The van der Waals surface area contributed by atoms with Crippen molar-refractivity contribution in [3.05, 3.63) is 66.2 Å². The Kier molecular flexibility index (Phi) is 7.77. The number of carbonyl (C=O) groups excluding carboxylic acids is 2. The first-order chi connectivity index (χ1) is 16.4. The van der Waals surface area contributed by atoms with Crippen LogP contribution in [-0.2, 0) is 24.3 Å². The lowest BCUT2D eigenvalue weighted by atomic mass is 9.95. The summed E-state index contributed by atoms with van der Waals surface area (Å²) < 4.78 is 32.4. The van der Waals surface area contributed by atoms with E-state index in [1.807, 2.05) is 30.3 Å². The summed E-state index contributed by atoms with van der Waals surface area (Å²) in [6.45, 7) is 2.38. The second-order valence-corrected chi connectivity index (χ2v) is 10.3. The van der Waals surface area contributed by atoms with Crippen molar-refractivity contribution < 1.29 is 22.7 Å². The van der Waals surface area contributed by atoms with Gasteiger partial charge in [0, 0.05) is 43.9 Å². The predicted molar refractivity (Wildman–Crippen MR) is 129 cm³/mol. The topological polar surface area (TPSA) is 96.0 Å². The molecule has 2 aromatic carbocycles. The van der Waals surface area contributed by atoms with Crippen LogP contribution in [0.2, 0.25) is 0 Å². The molecule has 8 nitrogen and oxygen atoms in total. The van der Waals surface area contributed by atoms with E-state index in [0.717, 1.165) is 5.56 Å². The van der Waals surface area contributed by atoms with Gasteiger partial charge >= 0.3 is 0 Å². The van der Waals surface area contributed by atoms with E-state index in [4.69, 9.17) is 4.74 Å². The molecule has 2 fully saturated rings. The number of anilines is 1. The third kappa shape index (κ3) is 5.91. The third-order valence-electron chi connectivity index (χ3n) is 6.10. The summed E-state index contributed by atoms with van der Waals surface area (Å²) in [5, 5.41) is 2.85. The van der Waals surface area contributed by atoms with Gasteiger partial charge in [-0.3, -0.25) is 9.59 Å². The predicted octanol–water partition coefficient (Wildman–Crippen LogP) is 2.60. The standard InChI is InChI=1S/C25H29N3O5S/c29-24(10-9-20-5-2-1-3-6-20)27-13-11-21(12-14-27)25(30)26-22-7-4-8-23(19-22)34(31,32)28-15-17-33-18-16-28/h1-10,19,21H,11-18H2,(H,26,30). The fraction of sp³-hybridized carbons (Fsp3) is 0.360. The monoisotopic (exact) mass is 483 g/mol. The highest BCUT2D eigenvalue weighted by molar-refractivity contribution is 7.89. The molecule has 0 aliphatic carbocycles. The minimum Gasteiger partial charge on any atom is -0.379 e. The number of carbonyl (C=O) groups is 2. The second kappa shape index (κ2) is 10.9. The van der Waals surface area contributed by atoms with Gasteiger partial charge in [-0.15, -0.1) is 0 Å². The fourth-order valence-electron chi connectivity index (χ4n) is 4.11. The van der Waals surface area contributed by atoms with Crippen molar-refractivity contribution in [1.29, 1.82) is 0 Å². The average Bonchev–Trinajstić information content (AvgIpc) is 2.88. The van der Waals surface area contributed by atoms with Crippen LogP contribution in [0.1, 0.15) is 18.4 Å². The molecule has 0 saturated carbocycles. The number of rotatable bonds is 6. The van der Waals surface area contributed by atoms with Crippen molar-refractivity contribution in [3.63, 3.8) is 0 Å². The zero-order valence-corrected chi connectivity index (χ0v) is 19.7. The zero-order chi connectivity index (χ0) is 24.0. The largest absolute Gasteiger partial charge is 0.379 e. The van der Waals surface area contributed by atoms with Crippen molar-refractivity contribution in [3.8, 4) is 0 Å². The maximum atomic E-state index is 12.9. The van der Waals surface area contributed by atoms with Gasteiger partial charge in [0.1, 0.15) is 0 Å². The Hall–Kier alpha value is -3.01. The first-order valence-electron chi connectivity index (χ1n) is 11.4. The number of benzene rings is 2. The number of ether oxygens (including phenoxy) is 1. The molecule has 2 aliphatic rings. The highest BCUT2D eigenvalue weighted by Crippen LogP contribution is 2.23. The molecular formula is C25H29N3O5S. The number of piperidine rings is 1. The first-order valence-corrected chi connectivity index (χ1v) is 12.9. The number of nitrogens with one attached hydrogen (secondary N) is 1. The molecule has 0 atom stereocenters. The lowest BCUT2D eigenvalue weighted by Crippen LogP contribution is -2.41. The smallest absolute Gasteiger partial charge is 0.246 e. The first kappa shape index (κ1) is 24.1. The van der Waals surface area contributed by atoms with Gasteiger partial charge in [-0.2, -0.15) is 4.31 Å². The van der Waals surface area contributed by atoms with Crippen molar-refractivity contribution in [1.82, 2.24) is 9.21 Å². The quantitative estimate of drug-likeness (QED) is 0.638. The molecule has 0 radical (unpaired) electrons. The number of nitrogens with zero attached hydrogens (tertiary/aromatic N) is 2. The molecule has 0 bridgehead atoms. The van der Waals surface area contributed by atoms with Crippen LogP contribution >= 0.6 is 0 Å². The molecule has 180 valence electrons. The van der Waals surface area contributed by atoms with Crippen LogP contribution in [0.15, 0.2) is 65.6 Å². The molecule has 9 heteroatoms. The molecule has 2 heterocycles. The lowest BCUT2D eigenvalue weighted by Gasteiger charge is -2.30. The molecule has 2 aromatic rings. The fourth-order valence-corrected chi connectivity index (χ4v) is 5.57. The Morgan fingerprint density at radius 2 is 1.65 bits per heavy atom. The summed E-state index contributed by atoms with van der Waals surface area (Å²) >= 11 is 0. The Morgan fingerprint density at radius 1 is 0.941 bits per heavy atom. The average molecular weight is 484 g/mol. The van der Waals surface area contributed by atoms with E-state index in [1.54, 1.807) is 29.2 Å². The molecule has 0 unspecified atom stereocenters. The van der Waals surface area contributed by atoms with Crippen LogP contribution in [0.4, 0.5) is 5.69 Å². The van der Waals surface area contributed by atoms with E-state index in [9.17, 15) is 18.0 Å². The maximum Gasteiger partial charge on any atom is 0.246 e. The van der Waals surface area contributed by atoms with Gasteiger partial charge in [0.25, 0.3) is 0 Å². The van der Waals surface area contributed by atoms with Gasteiger partial charge in [-0.1, -0.05) is 36.4 Å². The molecule has 34 heavy (non-hydrogen) atoms. The highest BCUT2D eigenvalue weighted by Gasteiger charge is 2.28. The van der Waals surface area contributed by atoms with Crippen molar-refractivity contribution in [2.75, 3.05) is 44.7 Å². The normalized spacial score (nSPS) is 18.2. The number of amides is 2. The van der Waals surface area contributed by atoms with Gasteiger partial charge in [-0.25, -0.2) is 8.42 Å². The summed E-state index contributed by atoms with van der Waals surface area (Å²) in [4.78, 5) is 27.2. The van der Waals surface area contributed by atoms with Crippen molar-refractivity contribution >= 4 is 33.6 Å². The molecular weight excluding hydrogens is 454 g/mol. The van der Waals surface area contributed by atoms with Crippen LogP contribution < -0.4 is 5.32 Å². The summed E-state index contributed by atoms with van der Waals surface area (Å²) in [6.07, 6.45) is 4.47. The molecule has 2 saturated heterocycles.